The number of hydrogen-bond donors (Lipinski definition) is 2. The predicted octanol–water partition coefficient (Wildman–Crippen LogP) is 3.06. The van der Waals surface area contributed by atoms with Crippen LogP contribution >= 0.6 is 24.8 Å². The summed E-state index contributed by atoms with van der Waals surface area (Å²) in [5, 5.41) is 5.94. The van der Waals surface area contributed by atoms with Gasteiger partial charge in [0.05, 0.1) is 0 Å². The molecule has 0 fully saturated rings. The van der Waals surface area contributed by atoms with E-state index in [0.29, 0.717) is 23.6 Å². The molecule has 0 aliphatic heterocycles. The minimum absolute atomic E-state index is 0. The number of nitrogens with zero attached hydrogens (tertiary/aromatic N) is 1. The van der Waals surface area contributed by atoms with Crippen LogP contribution in [0.4, 0.5) is 0 Å². The Bertz CT molecular complexity index is 597. The number of benzene rings is 1. The molecule has 2 N–H and O–H groups in total. The third kappa shape index (κ3) is 6.86. The summed E-state index contributed by atoms with van der Waals surface area (Å²) >= 11 is 0. The third-order valence-electron chi connectivity index (χ3n) is 3.04. The number of carbonyl (C=O) groups excluding carboxylic acids is 1. The van der Waals surface area contributed by atoms with Crippen LogP contribution < -0.4 is 15.4 Å². The number of amides is 1. The summed E-state index contributed by atoms with van der Waals surface area (Å²) in [6.45, 7) is 2.58. The standard InChI is InChI=1S/C16H19N3O2.2ClH/c1-12(17-2)11-19-16(20)13-4-3-5-15(10-13)21-14-6-8-18-9-7-14;;/h3-10,12,17H,11H2,1-2H3,(H,19,20);2*1H. The first kappa shape index (κ1) is 21.2. The van der Waals surface area contributed by atoms with Crippen LogP contribution in [0.1, 0.15) is 17.3 Å². The van der Waals surface area contributed by atoms with Gasteiger partial charge >= 0.3 is 0 Å². The van der Waals surface area contributed by atoms with Gasteiger partial charge in [0.25, 0.3) is 5.91 Å². The van der Waals surface area contributed by atoms with Gasteiger partial charge in [0.1, 0.15) is 11.5 Å². The summed E-state index contributed by atoms with van der Waals surface area (Å²) < 4.78 is 5.68. The molecule has 0 spiro atoms. The zero-order chi connectivity index (χ0) is 15.1. The highest BCUT2D eigenvalue weighted by molar-refractivity contribution is 5.94. The third-order valence-corrected chi connectivity index (χ3v) is 3.04. The highest BCUT2D eigenvalue weighted by atomic mass is 35.5. The van der Waals surface area contributed by atoms with Gasteiger partial charge in [0, 0.05) is 30.5 Å². The predicted molar refractivity (Wildman–Crippen MR) is 96.1 cm³/mol. The van der Waals surface area contributed by atoms with E-state index in [0.717, 1.165) is 0 Å². The van der Waals surface area contributed by atoms with Crippen molar-refractivity contribution in [1.82, 2.24) is 15.6 Å². The van der Waals surface area contributed by atoms with Crippen LogP contribution in [-0.2, 0) is 0 Å². The van der Waals surface area contributed by atoms with Gasteiger partial charge in [-0.3, -0.25) is 9.78 Å². The Labute approximate surface area is 148 Å². The molecule has 23 heavy (non-hydrogen) atoms. The minimum Gasteiger partial charge on any atom is -0.457 e. The summed E-state index contributed by atoms with van der Waals surface area (Å²) in [5.74, 6) is 1.19. The zero-order valence-electron chi connectivity index (χ0n) is 13.0. The van der Waals surface area contributed by atoms with Crippen molar-refractivity contribution in [3.63, 3.8) is 0 Å². The Hall–Kier alpha value is -1.82. The van der Waals surface area contributed by atoms with Crippen molar-refractivity contribution in [2.75, 3.05) is 13.6 Å². The number of rotatable bonds is 6. The van der Waals surface area contributed by atoms with E-state index in [1.165, 1.54) is 0 Å². The summed E-state index contributed by atoms with van der Waals surface area (Å²) in [6.07, 6.45) is 3.32. The minimum atomic E-state index is -0.114. The van der Waals surface area contributed by atoms with Crippen molar-refractivity contribution in [2.45, 2.75) is 13.0 Å². The molecule has 0 saturated carbocycles. The zero-order valence-corrected chi connectivity index (χ0v) is 14.6. The molecule has 7 heteroatoms. The molecule has 2 rings (SSSR count). The van der Waals surface area contributed by atoms with Crippen LogP contribution in [0.25, 0.3) is 0 Å². The fourth-order valence-corrected chi connectivity index (χ4v) is 1.69. The Kier molecular flexibility index (Phi) is 9.97. The van der Waals surface area contributed by atoms with Gasteiger partial charge in [-0.25, -0.2) is 0 Å². The van der Waals surface area contributed by atoms with E-state index >= 15 is 0 Å². The topological polar surface area (TPSA) is 63.2 Å². The molecule has 0 bridgehead atoms. The lowest BCUT2D eigenvalue weighted by atomic mass is 10.2. The largest absolute Gasteiger partial charge is 0.457 e. The van der Waals surface area contributed by atoms with Crippen LogP contribution in [0.5, 0.6) is 11.5 Å². The SMILES string of the molecule is CNC(C)CNC(=O)c1cccc(Oc2ccncc2)c1.Cl.Cl. The van der Waals surface area contributed by atoms with Crippen LogP contribution in [-0.4, -0.2) is 30.5 Å². The smallest absolute Gasteiger partial charge is 0.251 e. The van der Waals surface area contributed by atoms with E-state index in [2.05, 4.69) is 15.6 Å². The molecule has 1 aromatic heterocycles. The van der Waals surface area contributed by atoms with Crippen molar-refractivity contribution in [3.05, 3.63) is 54.4 Å². The summed E-state index contributed by atoms with van der Waals surface area (Å²) in [5.41, 5.74) is 0.574. The number of carbonyl (C=O) groups is 1. The fourth-order valence-electron chi connectivity index (χ4n) is 1.69. The monoisotopic (exact) mass is 357 g/mol. The number of nitrogens with one attached hydrogen (secondary N) is 2. The molecule has 126 valence electrons. The Morgan fingerprint density at radius 2 is 1.87 bits per heavy atom. The van der Waals surface area contributed by atoms with Gasteiger partial charge < -0.3 is 15.4 Å². The van der Waals surface area contributed by atoms with Gasteiger partial charge in [0.2, 0.25) is 0 Å². The van der Waals surface area contributed by atoms with E-state index in [4.69, 9.17) is 4.74 Å². The van der Waals surface area contributed by atoms with Crippen LogP contribution in [0, 0.1) is 0 Å². The summed E-state index contributed by atoms with van der Waals surface area (Å²) in [4.78, 5) is 16.0. The number of halogens is 2. The number of hydrogen-bond acceptors (Lipinski definition) is 4. The van der Waals surface area contributed by atoms with Gasteiger partial charge in [0.15, 0.2) is 0 Å². The molecule has 1 aromatic carbocycles. The van der Waals surface area contributed by atoms with Gasteiger partial charge in [-0.2, -0.15) is 0 Å². The molecular formula is C16H21Cl2N3O2. The summed E-state index contributed by atoms with van der Waals surface area (Å²) in [6, 6.07) is 10.9. The molecule has 0 saturated heterocycles. The maximum absolute atomic E-state index is 12.1. The molecular weight excluding hydrogens is 337 g/mol. The maximum Gasteiger partial charge on any atom is 0.251 e. The van der Waals surface area contributed by atoms with E-state index in [1.807, 2.05) is 20.0 Å². The maximum atomic E-state index is 12.1. The van der Waals surface area contributed by atoms with Gasteiger partial charge in [-0.15, -0.1) is 24.8 Å². The van der Waals surface area contributed by atoms with Crippen molar-refractivity contribution >= 4 is 30.7 Å². The lowest BCUT2D eigenvalue weighted by Gasteiger charge is -2.12. The molecule has 2 aromatic rings. The first-order valence-electron chi connectivity index (χ1n) is 6.82. The first-order chi connectivity index (χ1) is 10.2. The van der Waals surface area contributed by atoms with E-state index in [9.17, 15) is 4.79 Å². The molecule has 5 nitrogen and oxygen atoms in total. The highest BCUT2D eigenvalue weighted by Gasteiger charge is 2.08. The number of ether oxygens (including phenoxy) is 1. The molecule has 1 unspecified atom stereocenters. The molecule has 1 atom stereocenters. The number of pyridine rings is 1. The first-order valence-corrected chi connectivity index (χ1v) is 6.82. The second-order valence-corrected chi connectivity index (χ2v) is 4.71. The van der Waals surface area contributed by atoms with Crippen molar-refractivity contribution in [2.24, 2.45) is 0 Å². The second-order valence-electron chi connectivity index (χ2n) is 4.71. The molecule has 0 aliphatic carbocycles. The quantitative estimate of drug-likeness (QED) is 0.833. The van der Waals surface area contributed by atoms with Crippen LogP contribution in [0.15, 0.2) is 48.8 Å². The molecule has 0 aliphatic rings. The number of aromatic nitrogens is 1. The van der Waals surface area contributed by atoms with Gasteiger partial charge in [-0.1, -0.05) is 6.07 Å². The normalized spacial score (nSPS) is 10.7. The lowest BCUT2D eigenvalue weighted by molar-refractivity contribution is 0.0950. The average Bonchev–Trinajstić information content (AvgIpc) is 2.53. The summed E-state index contributed by atoms with van der Waals surface area (Å²) in [7, 11) is 1.86. The van der Waals surface area contributed by atoms with Crippen molar-refractivity contribution < 1.29 is 9.53 Å². The molecule has 0 radical (unpaired) electrons. The highest BCUT2D eigenvalue weighted by Crippen LogP contribution is 2.21. The van der Waals surface area contributed by atoms with E-state index in [1.54, 1.807) is 42.7 Å². The van der Waals surface area contributed by atoms with Crippen LogP contribution in [0.2, 0.25) is 0 Å². The average molecular weight is 358 g/mol. The van der Waals surface area contributed by atoms with Crippen molar-refractivity contribution in [3.8, 4) is 11.5 Å². The molecule has 1 amide bonds. The molecule has 1 heterocycles. The Morgan fingerprint density at radius 1 is 1.17 bits per heavy atom. The second kappa shape index (κ2) is 10.8. The van der Waals surface area contributed by atoms with Gasteiger partial charge in [-0.05, 0) is 44.3 Å². The van der Waals surface area contributed by atoms with E-state index < -0.39 is 0 Å². The van der Waals surface area contributed by atoms with Crippen molar-refractivity contribution in [1.29, 1.82) is 0 Å². The Balaban J connectivity index is 0.00000242. The van der Waals surface area contributed by atoms with Crippen LogP contribution in [0.3, 0.4) is 0 Å². The lowest BCUT2D eigenvalue weighted by Crippen LogP contribution is -2.37. The fraction of sp³-hybridized carbons (Fsp3) is 0.250. The van der Waals surface area contributed by atoms with E-state index in [-0.39, 0.29) is 36.8 Å². The Morgan fingerprint density at radius 3 is 2.52 bits per heavy atom. The number of likely N-dealkylation sites (N-methyl/N-ethyl adjacent to an activating group) is 1.